The molecular formula is C27H24N2O4. The van der Waals surface area contributed by atoms with Gasteiger partial charge in [-0.25, -0.2) is 9.69 Å². The summed E-state index contributed by atoms with van der Waals surface area (Å²) in [6.07, 6.45) is 1.48. The highest BCUT2D eigenvalue weighted by atomic mass is 16.5. The fourth-order valence-corrected chi connectivity index (χ4v) is 3.61. The number of aryl methyl sites for hydroxylation is 3. The first-order chi connectivity index (χ1) is 15.8. The maximum absolute atomic E-state index is 13.1. The molecule has 1 heterocycles. The van der Waals surface area contributed by atoms with Crippen LogP contribution in [0.5, 0.6) is 5.75 Å². The van der Waals surface area contributed by atoms with E-state index < -0.39 is 17.8 Å². The molecule has 0 saturated carbocycles. The number of nitrogens with zero attached hydrogens (tertiary/aromatic N) is 1. The molecule has 0 aromatic heterocycles. The van der Waals surface area contributed by atoms with E-state index in [2.05, 4.69) is 5.32 Å². The zero-order valence-electron chi connectivity index (χ0n) is 18.7. The van der Waals surface area contributed by atoms with Crippen LogP contribution >= 0.6 is 0 Å². The van der Waals surface area contributed by atoms with Gasteiger partial charge in [0, 0.05) is 0 Å². The Labute approximate surface area is 192 Å². The summed E-state index contributed by atoms with van der Waals surface area (Å²) in [4.78, 5) is 38.9. The van der Waals surface area contributed by atoms with Crippen LogP contribution in [0.4, 0.5) is 10.5 Å². The van der Waals surface area contributed by atoms with Gasteiger partial charge >= 0.3 is 6.03 Å². The van der Waals surface area contributed by atoms with Crippen molar-refractivity contribution in [2.45, 2.75) is 27.4 Å². The van der Waals surface area contributed by atoms with Crippen LogP contribution in [0.2, 0.25) is 0 Å². The Morgan fingerprint density at radius 3 is 2.18 bits per heavy atom. The Kier molecular flexibility index (Phi) is 6.09. The van der Waals surface area contributed by atoms with Gasteiger partial charge in [0.25, 0.3) is 11.8 Å². The number of nitrogens with one attached hydrogen (secondary N) is 1. The number of benzene rings is 3. The van der Waals surface area contributed by atoms with Gasteiger partial charge in [-0.05, 0) is 61.7 Å². The summed E-state index contributed by atoms with van der Waals surface area (Å²) in [7, 11) is 0. The van der Waals surface area contributed by atoms with Crippen molar-refractivity contribution in [2.24, 2.45) is 0 Å². The van der Waals surface area contributed by atoms with Crippen LogP contribution in [0.15, 0.2) is 72.3 Å². The first-order valence-electron chi connectivity index (χ1n) is 10.6. The van der Waals surface area contributed by atoms with Gasteiger partial charge in [-0.1, -0.05) is 59.7 Å². The number of ether oxygens (including phenoxy) is 1. The number of barbiturate groups is 1. The zero-order valence-corrected chi connectivity index (χ0v) is 18.7. The van der Waals surface area contributed by atoms with Crippen molar-refractivity contribution in [3.05, 3.63) is 100 Å². The molecular weight excluding hydrogens is 416 g/mol. The standard InChI is InChI=1S/C27H24N2O4/c1-17-4-7-21(8-5-17)16-33-22-11-9-20(10-12-22)15-23-25(30)28-27(32)29(26(23)31)24-13-6-18(2)14-19(24)3/h4-15H,16H2,1-3H3,(H,28,30,32)/b23-15+. The van der Waals surface area contributed by atoms with Gasteiger partial charge in [0.15, 0.2) is 0 Å². The van der Waals surface area contributed by atoms with Gasteiger partial charge in [0.1, 0.15) is 17.9 Å². The number of urea groups is 1. The minimum atomic E-state index is -0.756. The summed E-state index contributed by atoms with van der Waals surface area (Å²) < 4.78 is 5.81. The van der Waals surface area contributed by atoms with Crippen LogP contribution in [0, 0.1) is 20.8 Å². The lowest BCUT2D eigenvalue weighted by atomic mass is 10.0. The molecule has 0 aliphatic carbocycles. The van der Waals surface area contributed by atoms with Crippen LogP contribution < -0.4 is 15.0 Å². The second-order valence-electron chi connectivity index (χ2n) is 8.09. The number of amides is 4. The molecule has 1 saturated heterocycles. The molecule has 0 radical (unpaired) electrons. The van der Waals surface area contributed by atoms with Gasteiger partial charge in [-0.3, -0.25) is 14.9 Å². The molecule has 1 aliphatic rings. The van der Waals surface area contributed by atoms with Crippen LogP contribution in [-0.4, -0.2) is 17.8 Å². The average molecular weight is 440 g/mol. The number of hydrogen-bond acceptors (Lipinski definition) is 4. The monoisotopic (exact) mass is 440 g/mol. The van der Waals surface area contributed by atoms with Crippen LogP contribution in [0.25, 0.3) is 6.08 Å². The van der Waals surface area contributed by atoms with Gasteiger partial charge in [0.05, 0.1) is 5.69 Å². The Hall–Kier alpha value is -4.19. The zero-order chi connectivity index (χ0) is 23.5. The molecule has 0 unspecified atom stereocenters. The molecule has 3 aromatic rings. The molecule has 6 nitrogen and oxygen atoms in total. The lowest BCUT2D eigenvalue weighted by Crippen LogP contribution is -2.54. The second kappa shape index (κ2) is 9.12. The summed E-state index contributed by atoms with van der Waals surface area (Å²) in [5, 5.41) is 2.26. The van der Waals surface area contributed by atoms with E-state index in [-0.39, 0.29) is 5.57 Å². The number of imide groups is 2. The molecule has 1 aliphatic heterocycles. The fraction of sp³-hybridized carbons (Fsp3) is 0.148. The van der Waals surface area contributed by atoms with E-state index >= 15 is 0 Å². The third-order valence-corrected chi connectivity index (χ3v) is 5.41. The van der Waals surface area contributed by atoms with E-state index in [1.807, 2.05) is 57.2 Å². The largest absolute Gasteiger partial charge is 0.489 e. The van der Waals surface area contributed by atoms with E-state index in [4.69, 9.17) is 4.74 Å². The third kappa shape index (κ3) is 4.85. The van der Waals surface area contributed by atoms with Crippen molar-refractivity contribution in [3.8, 4) is 5.75 Å². The van der Waals surface area contributed by atoms with Crippen molar-refractivity contribution >= 4 is 29.6 Å². The smallest absolute Gasteiger partial charge is 0.335 e. The van der Waals surface area contributed by atoms with Crippen molar-refractivity contribution in [2.75, 3.05) is 4.90 Å². The predicted molar refractivity (Wildman–Crippen MR) is 127 cm³/mol. The average Bonchev–Trinajstić information content (AvgIpc) is 2.78. The third-order valence-electron chi connectivity index (χ3n) is 5.41. The van der Waals surface area contributed by atoms with Crippen molar-refractivity contribution < 1.29 is 19.1 Å². The Balaban J connectivity index is 1.53. The van der Waals surface area contributed by atoms with Crippen LogP contribution in [-0.2, 0) is 16.2 Å². The molecule has 4 amide bonds. The van der Waals surface area contributed by atoms with Gasteiger partial charge in [-0.15, -0.1) is 0 Å². The SMILES string of the molecule is Cc1ccc(COc2ccc(/C=C3\C(=O)NC(=O)N(c4ccc(C)cc4C)C3=O)cc2)cc1. The number of rotatable bonds is 5. The highest BCUT2D eigenvalue weighted by Gasteiger charge is 2.37. The van der Waals surface area contributed by atoms with Gasteiger partial charge in [-0.2, -0.15) is 0 Å². The Morgan fingerprint density at radius 1 is 0.848 bits per heavy atom. The van der Waals surface area contributed by atoms with E-state index in [1.54, 1.807) is 30.3 Å². The maximum atomic E-state index is 13.1. The molecule has 1 fully saturated rings. The second-order valence-corrected chi connectivity index (χ2v) is 8.09. The van der Waals surface area contributed by atoms with E-state index in [1.165, 1.54) is 11.6 Å². The Morgan fingerprint density at radius 2 is 1.52 bits per heavy atom. The van der Waals surface area contributed by atoms with Gasteiger partial charge in [0.2, 0.25) is 0 Å². The lowest BCUT2D eigenvalue weighted by molar-refractivity contribution is -0.122. The molecule has 4 rings (SSSR count). The molecule has 0 atom stereocenters. The predicted octanol–water partition coefficient (Wildman–Crippen LogP) is 4.86. The quantitative estimate of drug-likeness (QED) is 0.454. The van der Waals surface area contributed by atoms with E-state index in [0.29, 0.717) is 23.6 Å². The topological polar surface area (TPSA) is 75.7 Å². The minimum Gasteiger partial charge on any atom is -0.489 e. The van der Waals surface area contributed by atoms with Crippen LogP contribution in [0.1, 0.15) is 27.8 Å². The summed E-state index contributed by atoms with van der Waals surface area (Å²) in [6.45, 7) is 6.22. The summed E-state index contributed by atoms with van der Waals surface area (Å²) >= 11 is 0. The Bertz CT molecular complexity index is 1260. The first-order valence-corrected chi connectivity index (χ1v) is 10.6. The molecule has 166 valence electrons. The van der Waals surface area contributed by atoms with Crippen molar-refractivity contribution in [1.82, 2.24) is 5.32 Å². The van der Waals surface area contributed by atoms with E-state index in [9.17, 15) is 14.4 Å². The van der Waals surface area contributed by atoms with E-state index in [0.717, 1.165) is 21.6 Å². The lowest BCUT2D eigenvalue weighted by Gasteiger charge is -2.27. The number of carbonyl (C=O) groups is 3. The number of anilines is 1. The summed E-state index contributed by atoms with van der Waals surface area (Å²) in [5.74, 6) is -0.703. The normalized spacial score (nSPS) is 15.1. The van der Waals surface area contributed by atoms with Crippen molar-refractivity contribution in [3.63, 3.8) is 0 Å². The maximum Gasteiger partial charge on any atom is 0.335 e. The summed E-state index contributed by atoms with van der Waals surface area (Å²) in [6, 6.07) is 19.8. The minimum absolute atomic E-state index is 0.108. The molecule has 6 heteroatoms. The molecule has 0 spiro atoms. The van der Waals surface area contributed by atoms with Crippen LogP contribution in [0.3, 0.4) is 0 Å². The molecule has 33 heavy (non-hydrogen) atoms. The number of hydrogen-bond donors (Lipinski definition) is 1. The molecule has 1 N–H and O–H groups in total. The molecule has 3 aromatic carbocycles. The van der Waals surface area contributed by atoms with Gasteiger partial charge < -0.3 is 4.74 Å². The first kappa shape index (κ1) is 22.0. The molecule has 0 bridgehead atoms. The highest BCUT2D eigenvalue weighted by molar-refractivity contribution is 6.39. The van der Waals surface area contributed by atoms with Crippen molar-refractivity contribution in [1.29, 1.82) is 0 Å². The fourth-order valence-electron chi connectivity index (χ4n) is 3.61. The highest BCUT2D eigenvalue weighted by Crippen LogP contribution is 2.26. The summed E-state index contributed by atoms with van der Waals surface area (Å²) in [5.41, 5.74) is 5.01. The number of carbonyl (C=O) groups excluding carboxylic acids is 3.